The second-order valence-corrected chi connectivity index (χ2v) is 7.30. The number of amides is 1. The van der Waals surface area contributed by atoms with E-state index in [1.54, 1.807) is 13.1 Å². The largest absolute Gasteiger partial charge is 0.463 e. The van der Waals surface area contributed by atoms with Crippen LogP contribution in [0.25, 0.3) is 10.8 Å². The summed E-state index contributed by atoms with van der Waals surface area (Å²) < 4.78 is 5.19. The molecule has 0 saturated heterocycles. The lowest BCUT2D eigenvalue weighted by molar-refractivity contribution is -0.171. The smallest absolute Gasteiger partial charge is 0.353 e. The van der Waals surface area contributed by atoms with E-state index in [1.165, 1.54) is 0 Å². The van der Waals surface area contributed by atoms with Crippen LogP contribution in [0.1, 0.15) is 44.1 Å². The fourth-order valence-electron chi connectivity index (χ4n) is 3.43. The maximum Gasteiger partial charge on any atom is 0.353 e. The van der Waals surface area contributed by atoms with Crippen molar-refractivity contribution in [1.29, 1.82) is 0 Å². The lowest BCUT2D eigenvalue weighted by Crippen LogP contribution is -2.42. The Morgan fingerprint density at radius 2 is 2.07 bits per heavy atom. The highest BCUT2D eigenvalue weighted by Crippen LogP contribution is 2.32. The van der Waals surface area contributed by atoms with E-state index < -0.39 is 11.6 Å². The molecule has 7 nitrogen and oxygen atoms in total. The van der Waals surface area contributed by atoms with Gasteiger partial charge in [-0.1, -0.05) is 43.3 Å². The summed E-state index contributed by atoms with van der Waals surface area (Å²) in [6, 6.07) is 9.44. The van der Waals surface area contributed by atoms with Crippen LogP contribution in [0.5, 0.6) is 0 Å². The van der Waals surface area contributed by atoms with Crippen molar-refractivity contribution in [2.24, 2.45) is 11.1 Å². The van der Waals surface area contributed by atoms with Gasteiger partial charge in [-0.25, -0.2) is 4.79 Å². The molecule has 1 aromatic carbocycles. The van der Waals surface area contributed by atoms with Gasteiger partial charge in [0.25, 0.3) is 5.91 Å². The van der Waals surface area contributed by atoms with Gasteiger partial charge in [0, 0.05) is 24.4 Å². The zero-order chi connectivity index (χ0) is 20.1. The van der Waals surface area contributed by atoms with Crippen LogP contribution in [0.4, 0.5) is 0 Å². The molecule has 0 aliphatic carbocycles. The standard InChI is InChI=1S/C21H25N3O4/c1-4-27-20(26)21(11-14(2)3)12-16(24-28-21)13-23-19(25)18-17-8-6-5-7-15(17)9-10-22-18/h5-10,14H,4,11-13H2,1-3H3,(H,23,25). The van der Waals surface area contributed by atoms with Gasteiger partial charge in [-0.15, -0.1) is 0 Å². The number of hydrogen-bond acceptors (Lipinski definition) is 6. The number of rotatable bonds is 7. The number of benzene rings is 1. The quantitative estimate of drug-likeness (QED) is 0.742. The average molecular weight is 383 g/mol. The highest BCUT2D eigenvalue weighted by atomic mass is 16.7. The minimum absolute atomic E-state index is 0.184. The zero-order valence-corrected chi connectivity index (χ0v) is 16.4. The fraction of sp³-hybridized carbons (Fsp3) is 0.429. The Morgan fingerprint density at radius 1 is 1.29 bits per heavy atom. The first kappa shape index (κ1) is 19.8. The van der Waals surface area contributed by atoms with Gasteiger partial charge in [0.15, 0.2) is 0 Å². The first-order valence-electron chi connectivity index (χ1n) is 9.48. The van der Waals surface area contributed by atoms with Crippen molar-refractivity contribution in [3.8, 4) is 0 Å². The molecule has 1 aliphatic heterocycles. The Hall–Kier alpha value is -2.96. The van der Waals surface area contributed by atoms with Crippen LogP contribution in [0.15, 0.2) is 41.7 Å². The lowest BCUT2D eigenvalue weighted by Gasteiger charge is -2.25. The third-order valence-electron chi connectivity index (χ3n) is 4.57. The lowest BCUT2D eigenvalue weighted by atomic mass is 9.88. The number of nitrogens with one attached hydrogen (secondary N) is 1. The molecular weight excluding hydrogens is 358 g/mol. The Labute approximate surface area is 164 Å². The number of carbonyl (C=O) groups is 2. The highest BCUT2D eigenvalue weighted by molar-refractivity contribution is 6.06. The van der Waals surface area contributed by atoms with Gasteiger partial charge in [-0.05, 0) is 24.3 Å². The van der Waals surface area contributed by atoms with Gasteiger partial charge in [0.1, 0.15) is 5.69 Å². The Balaban J connectivity index is 1.68. The molecule has 0 fully saturated rings. The minimum Gasteiger partial charge on any atom is -0.463 e. The summed E-state index contributed by atoms with van der Waals surface area (Å²) in [6.07, 6.45) is 2.41. The molecule has 1 amide bonds. The topological polar surface area (TPSA) is 89.9 Å². The molecule has 1 unspecified atom stereocenters. The fourth-order valence-corrected chi connectivity index (χ4v) is 3.43. The van der Waals surface area contributed by atoms with Crippen molar-refractivity contribution in [3.63, 3.8) is 0 Å². The number of carbonyl (C=O) groups excluding carboxylic acids is 2. The second kappa shape index (κ2) is 8.37. The predicted molar refractivity (Wildman–Crippen MR) is 106 cm³/mol. The Morgan fingerprint density at radius 3 is 2.82 bits per heavy atom. The van der Waals surface area contributed by atoms with Crippen LogP contribution in [0.2, 0.25) is 0 Å². The molecule has 0 saturated carbocycles. The number of fused-ring (bicyclic) bond motifs is 1. The van der Waals surface area contributed by atoms with E-state index in [4.69, 9.17) is 9.57 Å². The SMILES string of the molecule is CCOC(=O)C1(CC(C)C)CC(CNC(=O)c2nccc3ccccc23)=NO1. The predicted octanol–water partition coefficient (Wildman–Crippen LogP) is 3.09. The first-order chi connectivity index (χ1) is 13.4. The van der Waals surface area contributed by atoms with Crippen molar-refractivity contribution in [3.05, 3.63) is 42.2 Å². The van der Waals surface area contributed by atoms with Crippen molar-refractivity contribution in [1.82, 2.24) is 10.3 Å². The molecule has 148 valence electrons. The van der Waals surface area contributed by atoms with Crippen molar-refractivity contribution in [2.45, 2.75) is 39.2 Å². The van der Waals surface area contributed by atoms with E-state index in [0.29, 0.717) is 24.2 Å². The van der Waals surface area contributed by atoms with Gasteiger partial charge >= 0.3 is 5.97 Å². The molecule has 28 heavy (non-hydrogen) atoms. The Kier molecular flexibility index (Phi) is 5.92. The molecule has 1 N–H and O–H groups in total. The average Bonchev–Trinajstić information content (AvgIpc) is 3.09. The van der Waals surface area contributed by atoms with E-state index in [2.05, 4.69) is 15.5 Å². The summed E-state index contributed by atoms with van der Waals surface area (Å²) in [6.45, 7) is 6.24. The summed E-state index contributed by atoms with van der Waals surface area (Å²) in [5.74, 6) is -0.477. The summed E-state index contributed by atoms with van der Waals surface area (Å²) >= 11 is 0. The van der Waals surface area contributed by atoms with Gasteiger partial charge in [0.05, 0.1) is 18.9 Å². The van der Waals surface area contributed by atoms with E-state index in [9.17, 15) is 9.59 Å². The van der Waals surface area contributed by atoms with E-state index in [-0.39, 0.29) is 25.0 Å². The molecule has 1 atom stereocenters. The third-order valence-corrected chi connectivity index (χ3v) is 4.57. The maximum atomic E-state index is 12.6. The van der Waals surface area contributed by atoms with Gasteiger partial charge in [0.2, 0.25) is 5.60 Å². The number of ether oxygens (including phenoxy) is 1. The number of pyridine rings is 1. The number of nitrogens with zero attached hydrogens (tertiary/aromatic N) is 2. The minimum atomic E-state index is -1.11. The van der Waals surface area contributed by atoms with Crippen LogP contribution in [0.3, 0.4) is 0 Å². The first-order valence-corrected chi connectivity index (χ1v) is 9.48. The number of hydrogen-bond donors (Lipinski definition) is 1. The summed E-state index contributed by atoms with van der Waals surface area (Å²) in [7, 11) is 0. The van der Waals surface area contributed by atoms with E-state index in [0.717, 1.165) is 10.8 Å². The molecule has 0 spiro atoms. The van der Waals surface area contributed by atoms with Crippen LogP contribution >= 0.6 is 0 Å². The van der Waals surface area contributed by atoms with Crippen LogP contribution in [-0.4, -0.2) is 41.3 Å². The van der Waals surface area contributed by atoms with Gasteiger partial charge < -0.3 is 14.9 Å². The van der Waals surface area contributed by atoms with Crippen LogP contribution in [0, 0.1) is 5.92 Å². The van der Waals surface area contributed by atoms with Crippen molar-refractivity contribution in [2.75, 3.05) is 13.2 Å². The van der Waals surface area contributed by atoms with E-state index in [1.807, 2.05) is 44.2 Å². The second-order valence-electron chi connectivity index (χ2n) is 7.30. The zero-order valence-electron chi connectivity index (χ0n) is 16.4. The summed E-state index contributed by atoms with van der Waals surface area (Å²) in [4.78, 5) is 34.8. The molecule has 2 aromatic rings. The normalized spacial score (nSPS) is 18.6. The molecule has 1 aromatic heterocycles. The number of esters is 1. The monoisotopic (exact) mass is 383 g/mol. The Bertz CT molecular complexity index is 904. The number of oxime groups is 1. The van der Waals surface area contributed by atoms with Crippen molar-refractivity contribution < 1.29 is 19.2 Å². The highest BCUT2D eigenvalue weighted by Gasteiger charge is 2.48. The summed E-state index contributed by atoms with van der Waals surface area (Å²) in [5.41, 5.74) is -0.152. The van der Waals surface area contributed by atoms with Crippen LogP contribution < -0.4 is 5.32 Å². The molecule has 3 rings (SSSR count). The molecule has 0 radical (unpaired) electrons. The molecule has 1 aliphatic rings. The molecule has 2 heterocycles. The van der Waals surface area contributed by atoms with Gasteiger partial charge in [-0.3, -0.25) is 9.78 Å². The molecule has 7 heteroatoms. The maximum absolute atomic E-state index is 12.6. The van der Waals surface area contributed by atoms with Crippen molar-refractivity contribution >= 4 is 28.4 Å². The number of aromatic nitrogens is 1. The molecular formula is C21H25N3O4. The van der Waals surface area contributed by atoms with Crippen LogP contribution in [-0.2, 0) is 14.4 Å². The summed E-state index contributed by atoms with van der Waals surface area (Å²) in [5, 5.41) is 8.62. The van der Waals surface area contributed by atoms with Gasteiger partial charge in [-0.2, -0.15) is 0 Å². The molecule has 0 bridgehead atoms. The van der Waals surface area contributed by atoms with E-state index >= 15 is 0 Å². The third kappa shape index (κ3) is 4.13.